The molecule has 2 aromatic carbocycles. The zero-order valence-electron chi connectivity index (χ0n) is 17.8. The third-order valence-electron chi connectivity index (χ3n) is 4.83. The maximum atomic E-state index is 12.8. The van der Waals surface area contributed by atoms with Crippen molar-refractivity contribution in [1.82, 2.24) is 15.0 Å². The molecule has 0 saturated carbocycles. The van der Waals surface area contributed by atoms with Crippen LogP contribution in [-0.4, -0.2) is 44.7 Å². The van der Waals surface area contributed by atoms with Gasteiger partial charge in [0.25, 0.3) is 0 Å². The van der Waals surface area contributed by atoms with E-state index >= 15 is 0 Å². The van der Waals surface area contributed by atoms with Crippen LogP contribution in [0.1, 0.15) is 11.3 Å². The largest absolute Gasteiger partial charge is 0.491 e. The molecule has 2 aromatic heterocycles. The summed E-state index contributed by atoms with van der Waals surface area (Å²) in [4.78, 5) is 13.2. The fourth-order valence-electron chi connectivity index (χ4n) is 3.14. The summed E-state index contributed by atoms with van der Waals surface area (Å²) >= 11 is 1.71. The Morgan fingerprint density at radius 2 is 1.81 bits per heavy atom. The van der Waals surface area contributed by atoms with Gasteiger partial charge in [0.1, 0.15) is 12.4 Å². The molecule has 32 heavy (non-hydrogen) atoms. The van der Waals surface area contributed by atoms with E-state index in [9.17, 15) is 4.21 Å². The smallest absolute Gasteiger partial charge is 0.197 e. The topological polar surface area (TPSA) is 77.1 Å². The summed E-state index contributed by atoms with van der Waals surface area (Å²) in [6.07, 6.45) is 1.77. The normalized spacial score (nSPS) is 12.2. The van der Waals surface area contributed by atoms with Gasteiger partial charge in [-0.05, 0) is 42.8 Å². The number of hydrogen-bond donors (Lipinski definition) is 1. The van der Waals surface area contributed by atoms with Crippen LogP contribution in [0, 0.1) is 6.92 Å². The highest BCUT2D eigenvalue weighted by atomic mass is 32.2. The highest BCUT2D eigenvalue weighted by Gasteiger charge is 2.14. The van der Waals surface area contributed by atoms with Crippen molar-refractivity contribution in [2.75, 3.05) is 25.6 Å². The number of ether oxygens (including phenoxy) is 2. The highest BCUT2D eigenvalue weighted by Crippen LogP contribution is 2.25. The van der Waals surface area contributed by atoms with Crippen molar-refractivity contribution >= 4 is 33.6 Å². The Labute approximate surface area is 194 Å². The second-order valence-corrected chi connectivity index (χ2v) is 9.56. The predicted molar refractivity (Wildman–Crippen MR) is 129 cm³/mol. The molecule has 0 spiro atoms. The number of thioether (sulfide) groups is 1. The van der Waals surface area contributed by atoms with Gasteiger partial charge in [-0.3, -0.25) is 9.19 Å². The molecule has 0 fully saturated rings. The molecular weight excluding hydrogens is 442 g/mol. The van der Waals surface area contributed by atoms with E-state index in [1.807, 2.05) is 67.6 Å². The minimum Gasteiger partial charge on any atom is -0.491 e. The Balaban J connectivity index is 1.24. The fourth-order valence-corrected chi connectivity index (χ4v) is 5.15. The first-order chi connectivity index (χ1) is 15.7. The second-order valence-electron chi connectivity index (χ2n) is 7.05. The van der Waals surface area contributed by atoms with E-state index < -0.39 is 10.8 Å². The maximum absolute atomic E-state index is 12.8. The van der Waals surface area contributed by atoms with Crippen LogP contribution in [0.3, 0.4) is 0 Å². The molecule has 1 atom stereocenters. The molecule has 0 saturated heterocycles. The summed E-state index contributed by atoms with van der Waals surface area (Å²) in [6.45, 7) is 3.73. The molecule has 0 bridgehead atoms. The predicted octanol–water partition coefficient (Wildman–Crippen LogP) is 4.76. The summed E-state index contributed by atoms with van der Waals surface area (Å²) in [7, 11) is -1.29. The SMILES string of the molecule is Cc1c(SCCOCCOc2ccccc2)ccnc1CS(=O)c1nc2ccccc2[nH]1. The number of hydrogen-bond acceptors (Lipinski definition) is 6. The van der Waals surface area contributed by atoms with Crippen molar-refractivity contribution in [2.24, 2.45) is 0 Å². The molecule has 0 aliphatic rings. The Morgan fingerprint density at radius 3 is 2.66 bits per heavy atom. The molecule has 0 amide bonds. The van der Waals surface area contributed by atoms with Crippen LogP contribution >= 0.6 is 11.8 Å². The van der Waals surface area contributed by atoms with Gasteiger partial charge < -0.3 is 14.5 Å². The number of H-pyrrole nitrogens is 1. The summed E-state index contributed by atoms with van der Waals surface area (Å²) in [6, 6.07) is 19.4. The van der Waals surface area contributed by atoms with Crippen molar-refractivity contribution in [3.8, 4) is 5.75 Å². The molecule has 2 heterocycles. The highest BCUT2D eigenvalue weighted by molar-refractivity contribution is 7.99. The fraction of sp³-hybridized carbons (Fsp3) is 0.250. The van der Waals surface area contributed by atoms with Gasteiger partial charge in [0.15, 0.2) is 5.16 Å². The molecule has 0 radical (unpaired) electrons. The van der Waals surface area contributed by atoms with Crippen molar-refractivity contribution in [3.05, 3.63) is 78.1 Å². The lowest BCUT2D eigenvalue weighted by atomic mass is 10.2. The molecule has 0 aliphatic heterocycles. The van der Waals surface area contributed by atoms with Crippen molar-refractivity contribution in [1.29, 1.82) is 0 Å². The number of fused-ring (bicyclic) bond motifs is 1. The second kappa shape index (κ2) is 11.3. The van der Waals surface area contributed by atoms with Crippen LogP contribution in [0.5, 0.6) is 5.75 Å². The van der Waals surface area contributed by atoms with Gasteiger partial charge in [-0.1, -0.05) is 30.3 Å². The Hall–Kier alpha value is -2.68. The Kier molecular flexibility index (Phi) is 7.92. The van der Waals surface area contributed by atoms with Gasteiger partial charge in [-0.25, -0.2) is 4.98 Å². The van der Waals surface area contributed by atoms with E-state index in [2.05, 4.69) is 15.0 Å². The van der Waals surface area contributed by atoms with Crippen LogP contribution in [-0.2, 0) is 21.3 Å². The van der Waals surface area contributed by atoms with E-state index in [-0.39, 0.29) is 0 Å². The Morgan fingerprint density at radius 1 is 1.00 bits per heavy atom. The average Bonchev–Trinajstić information content (AvgIpc) is 3.26. The van der Waals surface area contributed by atoms with Gasteiger partial charge in [0.05, 0.1) is 46.5 Å². The van der Waals surface area contributed by atoms with Crippen molar-refractivity contribution in [2.45, 2.75) is 22.7 Å². The van der Waals surface area contributed by atoms with Crippen LogP contribution in [0.25, 0.3) is 11.0 Å². The van der Waals surface area contributed by atoms with Gasteiger partial charge in [-0.2, -0.15) is 0 Å². The number of imidazole rings is 1. The minimum absolute atomic E-state index is 0.327. The van der Waals surface area contributed by atoms with Crippen LogP contribution in [0.4, 0.5) is 0 Å². The standard InChI is InChI=1S/C24H25N3O3S2/c1-18-22(17-32(28)24-26-20-9-5-6-10-21(20)27-24)25-12-11-23(18)31-16-15-29-13-14-30-19-7-3-2-4-8-19/h2-12H,13-17H2,1H3,(H,26,27). The lowest BCUT2D eigenvalue weighted by molar-refractivity contribution is 0.112. The van der Waals surface area contributed by atoms with Gasteiger partial charge in [0, 0.05) is 16.8 Å². The first-order valence-corrected chi connectivity index (χ1v) is 12.7. The lowest BCUT2D eigenvalue weighted by Gasteiger charge is -2.10. The third kappa shape index (κ3) is 5.97. The zero-order chi connectivity index (χ0) is 22.2. The maximum Gasteiger partial charge on any atom is 0.197 e. The van der Waals surface area contributed by atoms with E-state index in [0.29, 0.717) is 30.7 Å². The summed E-state index contributed by atoms with van der Waals surface area (Å²) in [5, 5.41) is 0.483. The molecule has 4 aromatic rings. The molecule has 6 nitrogen and oxygen atoms in total. The van der Waals surface area contributed by atoms with Crippen LogP contribution in [0.2, 0.25) is 0 Å². The number of nitrogens with zero attached hydrogens (tertiary/aromatic N) is 2. The average molecular weight is 468 g/mol. The number of nitrogens with one attached hydrogen (secondary N) is 1. The van der Waals surface area contributed by atoms with E-state index in [1.54, 1.807) is 18.0 Å². The van der Waals surface area contributed by atoms with Crippen LogP contribution in [0.15, 0.2) is 76.9 Å². The number of benzene rings is 2. The number of pyridine rings is 1. The number of aromatic amines is 1. The monoisotopic (exact) mass is 467 g/mol. The first kappa shape index (κ1) is 22.5. The lowest BCUT2D eigenvalue weighted by Crippen LogP contribution is -2.08. The van der Waals surface area contributed by atoms with Crippen molar-refractivity contribution < 1.29 is 13.7 Å². The Bertz CT molecular complexity index is 1150. The van der Waals surface area contributed by atoms with Crippen LogP contribution < -0.4 is 4.74 Å². The summed E-state index contributed by atoms with van der Waals surface area (Å²) in [5.74, 6) is 2.00. The molecule has 0 aliphatic carbocycles. The molecule has 4 rings (SSSR count). The molecule has 1 N–H and O–H groups in total. The third-order valence-corrected chi connectivity index (χ3v) is 7.12. The molecule has 166 valence electrons. The number of para-hydroxylation sites is 3. The van der Waals surface area contributed by atoms with Crippen molar-refractivity contribution in [3.63, 3.8) is 0 Å². The summed E-state index contributed by atoms with van der Waals surface area (Å²) < 4.78 is 24.1. The van der Waals surface area contributed by atoms with E-state index in [1.165, 1.54) is 0 Å². The minimum atomic E-state index is -1.29. The first-order valence-electron chi connectivity index (χ1n) is 10.4. The quantitative estimate of drug-likeness (QED) is 0.253. The molecular formula is C24H25N3O3S2. The van der Waals surface area contributed by atoms with Gasteiger partial charge >= 0.3 is 0 Å². The number of rotatable bonds is 11. The van der Waals surface area contributed by atoms with E-state index in [4.69, 9.17) is 9.47 Å². The van der Waals surface area contributed by atoms with Gasteiger partial charge in [-0.15, -0.1) is 11.8 Å². The molecule has 1 unspecified atom stereocenters. The van der Waals surface area contributed by atoms with Gasteiger partial charge in [0.2, 0.25) is 0 Å². The number of aromatic nitrogens is 3. The zero-order valence-corrected chi connectivity index (χ0v) is 19.5. The summed E-state index contributed by atoms with van der Waals surface area (Å²) in [5.41, 5.74) is 3.58. The molecule has 8 heteroatoms. The van der Waals surface area contributed by atoms with E-state index in [0.717, 1.165) is 38.7 Å².